The molecule has 0 fully saturated rings. The molecule has 1 aromatic rings. The zero-order valence-electron chi connectivity index (χ0n) is 10.4. The fraction of sp³-hybridized carbons (Fsp3) is 0.571. The smallest absolute Gasteiger partial charge is 0.119 e. The van der Waals surface area contributed by atoms with E-state index in [1.807, 2.05) is 24.3 Å². The Hall–Kier alpha value is -1.06. The van der Waals surface area contributed by atoms with Gasteiger partial charge in [0, 0.05) is 0 Å². The van der Waals surface area contributed by atoms with Crippen LogP contribution in [0.2, 0.25) is 0 Å². The molecule has 0 radical (unpaired) electrons. The van der Waals surface area contributed by atoms with Gasteiger partial charge in [0.25, 0.3) is 0 Å². The van der Waals surface area contributed by atoms with E-state index in [1.54, 1.807) is 0 Å². The van der Waals surface area contributed by atoms with Crippen LogP contribution in [0.4, 0.5) is 0 Å². The first-order valence-corrected chi connectivity index (χ1v) is 6.27. The van der Waals surface area contributed by atoms with Crippen molar-refractivity contribution >= 4 is 0 Å². The highest BCUT2D eigenvalue weighted by molar-refractivity contribution is 5.27. The Labute approximate surface area is 103 Å². The van der Waals surface area contributed by atoms with Gasteiger partial charge in [0.1, 0.15) is 5.75 Å². The summed E-state index contributed by atoms with van der Waals surface area (Å²) >= 11 is 0. The van der Waals surface area contributed by atoms with Gasteiger partial charge in [-0.3, -0.25) is 0 Å². The molecule has 0 aliphatic carbocycles. The van der Waals surface area contributed by atoms with Gasteiger partial charge in [0.05, 0.1) is 19.3 Å². The minimum atomic E-state index is -0.615. The van der Waals surface area contributed by atoms with Crippen LogP contribution in [0, 0.1) is 0 Å². The summed E-state index contributed by atoms with van der Waals surface area (Å²) in [5.41, 5.74) is 1.15. The van der Waals surface area contributed by atoms with Crippen LogP contribution in [-0.4, -0.2) is 29.5 Å². The first kappa shape index (κ1) is 14.0. The molecule has 0 spiro atoms. The molecular weight excluding hydrogens is 216 g/mol. The lowest BCUT2D eigenvalue weighted by Gasteiger charge is -2.08. The van der Waals surface area contributed by atoms with E-state index >= 15 is 0 Å². The van der Waals surface area contributed by atoms with Gasteiger partial charge in [-0.05, 0) is 37.0 Å². The van der Waals surface area contributed by atoms with E-state index in [0.717, 1.165) is 37.2 Å². The van der Waals surface area contributed by atoms with Crippen molar-refractivity contribution < 1.29 is 14.9 Å². The molecule has 3 nitrogen and oxygen atoms in total. The first-order chi connectivity index (χ1) is 8.26. The van der Waals surface area contributed by atoms with Gasteiger partial charge in [0.15, 0.2) is 0 Å². The average molecular weight is 238 g/mol. The van der Waals surface area contributed by atoms with E-state index in [1.165, 1.54) is 0 Å². The molecule has 0 saturated carbocycles. The summed E-state index contributed by atoms with van der Waals surface area (Å²) < 4.78 is 5.56. The lowest BCUT2D eigenvalue weighted by Crippen LogP contribution is -2.12. The Morgan fingerprint density at radius 2 is 1.94 bits per heavy atom. The van der Waals surface area contributed by atoms with Crippen LogP contribution >= 0.6 is 0 Å². The molecule has 17 heavy (non-hydrogen) atoms. The molecule has 0 aromatic heterocycles. The number of unbranched alkanes of at least 4 members (excludes halogenated alkanes) is 1. The zero-order chi connectivity index (χ0) is 12.5. The van der Waals surface area contributed by atoms with Crippen molar-refractivity contribution in [2.45, 2.75) is 38.7 Å². The molecule has 1 unspecified atom stereocenters. The highest BCUT2D eigenvalue weighted by Gasteiger charge is 2.02. The maximum absolute atomic E-state index is 9.24. The van der Waals surface area contributed by atoms with Crippen LogP contribution in [0.5, 0.6) is 5.75 Å². The third kappa shape index (κ3) is 5.71. The van der Waals surface area contributed by atoms with Crippen LogP contribution in [-0.2, 0) is 6.42 Å². The molecule has 0 amide bonds. The molecule has 2 N–H and O–H groups in total. The molecule has 0 heterocycles. The van der Waals surface area contributed by atoms with Crippen LogP contribution in [0.15, 0.2) is 24.3 Å². The van der Waals surface area contributed by atoms with Crippen molar-refractivity contribution in [3.05, 3.63) is 29.8 Å². The quantitative estimate of drug-likeness (QED) is 0.682. The van der Waals surface area contributed by atoms with E-state index in [4.69, 9.17) is 9.84 Å². The highest BCUT2D eigenvalue weighted by Crippen LogP contribution is 2.14. The average Bonchev–Trinajstić information content (AvgIpc) is 2.37. The van der Waals surface area contributed by atoms with Gasteiger partial charge in [-0.2, -0.15) is 0 Å². The largest absolute Gasteiger partial charge is 0.494 e. The number of aryl methyl sites for hydroxylation is 1. The van der Waals surface area contributed by atoms with Crippen molar-refractivity contribution in [1.82, 2.24) is 0 Å². The fourth-order valence-corrected chi connectivity index (χ4v) is 1.51. The zero-order valence-corrected chi connectivity index (χ0v) is 10.4. The Morgan fingerprint density at radius 1 is 1.24 bits per heavy atom. The molecule has 0 bridgehead atoms. The molecule has 1 atom stereocenters. The van der Waals surface area contributed by atoms with E-state index in [-0.39, 0.29) is 6.61 Å². The Bertz CT molecular complexity index is 295. The molecule has 0 aliphatic rings. The fourth-order valence-electron chi connectivity index (χ4n) is 1.51. The SMILES string of the molecule is CCCCOc1ccc(CCC(O)CO)cc1. The monoisotopic (exact) mass is 238 g/mol. The number of hydrogen-bond acceptors (Lipinski definition) is 3. The lowest BCUT2D eigenvalue weighted by atomic mass is 10.1. The summed E-state index contributed by atoms with van der Waals surface area (Å²) in [7, 11) is 0. The van der Waals surface area contributed by atoms with Gasteiger partial charge in [-0.15, -0.1) is 0 Å². The molecule has 1 aromatic carbocycles. The second-order valence-corrected chi connectivity index (χ2v) is 4.22. The van der Waals surface area contributed by atoms with Crippen LogP contribution in [0.3, 0.4) is 0 Å². The third-order valence-electron chi connectivity index (χ3n) is 2.67. The van der Waals surface area contributed by atoms with Crippen LogP contribution in [0.1, 0.15) is 31.7 Å². The minimum Gasteiger partial charge on any atom is -0.494 e. The summed E-state index contributed by atoms with van der Waals surface area (Å²) in [5, 5.41) is 17.9. The topological polar surface area (TPSA) is 49.7 Å². The van der Waals surface area contributed by atoms with E-state index in [2.05, 4.69) is 6.92 Å². The lowest BCUT2D eigenvalue weighted by molar-refractivity contribution is 0.0886. The maximum Gasteiger partial charge on any atom is 0.119 e. The summed E-state index contributed by atoms with van der Waals surface area (Å²) in [6, 6.07) is 7.92. The maximum atomic E-state index is 9.24. The number of aliphatic hydroxyl groups is 2. The summed E-state index contributed by atoms with van der Waals surface area (Å²) in [4.78, 5) is 0. The third-order valence-corrected chi connectivity index (χ3v) is 2.67. The van der Waals surface area contributed by atoms with E-state index in [9.17, 15) is 5.11 Å². The van der Waals surface area contributed by atoms with Gasteiger partial charge in [-0.25, -0.2) is 0 Å². The number of aliphatic hydroxyl groups excluding tert-OH is 2. The highest BCUT2D eigenvalue weighted by atomic mass is 16.5. The standard InChI is InChI=1S/C14H22O3/c1-2-3-10-17-14-8-5-12(6-9-14)4-7-13(16)11-15/h5-6,8-9,13,15-16H,2-4,7,10-11H2,1H3. The summed E-state index contributed by atoms with van der Waals surface area (Å²) in [6.07, 6.45) is 2.96. The number of benzene rings is 1. The van der Waals surface area contributed by atoms with Crippen LogP contribution < -0.4 is 4.74 Å². The number of hydrogen-bond donors (Lipinski definition) is 2. The summed E-state index contributed by atoms with van der Waals surface area (Å²) in [5.74, 6) is 0.893. The molecule has 3 heteroatoms. The predicted molar refractivity (Wildman–Crippen MR) is 68.3 cm³/mol. The summed E-state index contributed by atoms with van der Waals surface area (Å²) in [6.45, 7) is 2.73. The Morgan fingerprint density at radius 3 is 2.53 bits per heavy atom. The van der Waals surface area contributed by atoms with Crippen molar-refractivity contribution in [2.75, 3.05) is 13.2 Å². The predicted octanol–water partition coefficient (Wildman–Crippen LogP) is 2.15. The molecule has 0 aliphatic heterocycles. The van der Waals surface area contributed by atoms with Crippen molar-refractivity contribution in [3.8, 4) is 5.75 Å². The second-order valence-electron chi connectivity index (χ2n) is 4.22. The first-order valence-electron chi connectivity index (χ1n) is 6.27. The normalized spacial score (nSPS) is 12.4. The van der Waals surface area contributed by atoms with Gasteiger partial charge in [0.2, 0.25) is 0 Å². The molecule has 96 valence electrons. The van der Waals surface area contributed by atoms with Gasteiger partial charge < -0.3 is 14.9 Å². The van der Waals surface area contributed by atoms with Gasteiger partial charge in [-0.1, -0.05) is 25.5 Å². The minimum absolute atomic E-state index is 0.168. The Balaban J connectivity index is 2.34. The molecule has 1 rings (SSSR count). The van der Waals surface area contributed by atoms with Crippen LogP contribution in [0.25, 0.3) is 0 Å². The Kier molecular flexibility index (Phi) is 6.67. The molecular formula is C14H22O3. The number of ether oxygens (including phenoxy) is 1. The van der Waals surface area contributed by atoms with Crippen molar-refractivity contribution in [3.63, 3.8) is 0 Å². The molecule has 0 saturated heterocycles. The van der Waals surface area contributed by atoms with E-state index in [0.29, 0.717) is 6.42 Å². The van der Waals surface area contributed by atoms with E-state index < -0.39 is 6.10 Å². The number of rotatable bonds is 8. The van der Waals surface area contributed by atoms with Crippen molar-refractivity contribution in [2.24, 2.45) is 0 Å². The van der Waals surface area contributed by atoms with Crippen molar-refractivity contribution in [1.29, 1.82) is 0 Å². The van der Waals surface area contributed by atoms with Gasteiger partial charge >= 0.3 is 0 Å². The second kappa shape index (κ2) is 8.09.